The molecular formula is C19H16N2O2. The summed E-state index contributed by atoms with van der Waals surface area (Å²) in [7, 11) is 0. The van der Waals surface area contributed by atoms with Crippen molar-refractivity contribution >= 4 is 22.6 Å². The van der Waals surface area contributed by atoms with Crippen LogP contribution in [0.3, 0.4) is 0 Å². The summed E-state index contributed by atoms with van der Waals surface area (Å²) >= 11 is 0. The van der Waals surface area contributed by atoms with Crippen LogP contribution in [0.25, 0.3) is 10.9 Å². The van der Waals surface area contributed by atoms with E-state index >= 15 is 0 Å². The summed E-state index contributed by atoms with van der Waals surface area (Å²) in [5.41, 5.74) is 4.71. The van der Waals surface area contributed by atoms with Crippen molar-refractivity contribution < 1.29 is 9.63 Å². The van der Waals surface area contributed by atoms with E-state index in [1.165, 1.54) is 5.69 Å². The van der Waals surface area contributed by atoms with Gasteiger partial charge in [-0.05, 0) is 37.5 Å². The lowest BCUT2D eigenvalue weighted by Crippen LogP contribution is -2.12. The molecule has 0 saturated carbocycles. The molecule has 0 radical (unpaired) electrons. The molecule has 3 aromatic rings. The quantitative estimate of drug-likeness (QED) is 0.573. The maximum absolute atomic E-state index is 12.1. The van der Waals surface area contributed by atoms with Crippen molar-refractivity contribution in [1.82, 2.24) is 4.98 Å². The van der Waals surface area contributed by atoms with E-state index in [2.05, 4.69) is 22.3 Å². The van der Waals surface area contributed by atoms with E-state index in [0.717, 1.165) is 41.4 Å². The molecule has 1 aliphatic rings. The number of carbonyl (C=O) groups is 1. The van der Waals surface area contributed by atoms with Gasteiger partial charge in [0.25, 0.3) is 0 Å². The first kappa shape index (κ1) is 13.8. The number of nitrogens with one attached hydrogen (secondary N) is 1. The summed E-state index contributed by atoms with van der Waals surface area (Å²) in [6, 6.07) is 17.1. The van der Waals surface area contributed by atoms with Gasteiger partial charge in [-0.15, -0.1) is 0 Å². The Hall–Kier alpha value is -2.88. The van der Waals surface area contributed by atoms with E-state index < -0.39 is 5.97 Å². The number of oxime groups is 1. The van der Waals surface area contributed by atoms with Gasteiger partial charge in [-0.25, -0.2) is 4.79 Å². The Morgan fingerprint density at radius 1 is 1.00 bits per heavy atom. The van der Waals surface area contributed by atoms with Gasteiger partial charge in [0.05, 0.1) is 11.3 Å². The van der Waals surface area contributed by atoms with E-state index in [-0.39, 0.29) is 0 Å². The fraction of sp³-hybridized carbons (Fsp3) is 0.158. The highest BCUT2D eigenvalue weighted by Crippen LogP contribution is 2.29. The molecule has 0 spiro atoms. The van der Waals surface area contributed by atoms with Crippen molar-refractivity contribution in [3.8, 4) is 0 Å². The Bertz CT molecular complexity index is 894. The first-order valence-electron chi connectivity index (χ1n) is 7.76. The first-order valence-corrected chi connectivity index (χ1v) is 7.76. The van der Waals surface area contributed by atoms with Crippen LogP contribution < -0.4 is 0 Å². The average molecular weight is 304 g/mol. The van der Waals surface area contributed by atoms with E-state index in [1.54, 1.807) is 12.1 Å². The van der Waals surface area contributed by atoms with Crippen LogP contribution in [0.5, 0.6) is 0 Å². The van der Waals surface area contributed by atoms with Gasteiger partial charge >= 0.3 is 5.97 Å². The van der Waals surface area contributed by atoms with Gasteiger partial charge in [0.15, 0.2) is 0 Å². The minimum Gasteiger partial charge on any atom is -0.358 e. The molecule has 0 fully saturated rings. The molecule has 1 heterocycles. The smallest absolute Gasteiger partial charge is 0.358 e. The van der Waals surface area contributed by atoms with Crippen LogP contribution in [0.2, 0.25) is 0 Å². The normalized spacial score (nSPS) is 15.6. The van der Waals surface area contributed by atoms with Crippen molar-refractivity contribution in [2.24, 2.45) is 5.16 Å². The number of fused-ring (bicyclic) bond motifs is 3. The van der Waals surface area contributed by atoms with Crippen LogP contribution in [0.15, 0.2) is 59.8 Å². The zero-order valence-electron chi connectivity index (χ0n) is 12.6. The third-order valence-corrected chi connectivity index (χ3v) is 4.16. The fourth-order valence-corrected chi connectivity index (χ4v) is 3.09. The molecule has 1 aliphatic carbocycles. The summed E-state index contributed by atoms with van der Waals surface area (Å²) in [5.74, 6) is -0.426. The van der Waals surface area contributed by atoms with Crippen LogP contribution in [0.1, 0.15) is 34.5 Å². The number of hydrogen-bond donors (Lipinski definition) is 1. The van der Waals surface area contributed by atoms with Crippen LogP contribution >= 0.6 is 0 Å². The third-order valence-electron chi connectivity index (χ3n) is 4.16. The maximum atomic E-state index is 12.1. The standard InChI is InChI=1S/C19H16N2O2/c22-19(13-7-2-1-3-8-13)23-21-17-12-6-11-16-18(17)14-9-4-5-10-15(14)20-16/h1-5,7-10,20H,6,11-12H2. The van der Waals surface area contributed by atoms with Crippen LogP contribution in [0, 0.1) is 0 Å². The number of nitrogens with zero attached hydrogens (tertiary/aromatic N) is 1. The molecule has 2 aromatic carbocycles. The second kappa shape index (κ2) is 5.72. The predicted octanol–water partition coefficient (Wildman–Crippen LogP) is 4.07. The zero-order chi connectivity index (χ0) is 15.6. The van der Waals surface area contributed by atoms with Crippen LogP contribution in [-0.4, -0.2) is 16.7 Å². The van der Waals surface area contributed by atoms with E-state index in [0.29, 0.717) is 5.56 Å². The summed E-state index contributed by atoms with van der Waals surface area (Å²) in [5, 5.41) is 5.31. The first-order chi connectivity index (χ1) is 11.3. The van der Waals surface area contributed by atoms with E-state index in [9.17, 15) is 4.79 Å². The molecule has 4 nitrogen and oxygen atoms in total. The Morgan fingerprint density at radius 3 is 2.65 bits per heavy atom. The number of aromatic amines is 1. The third kappa shape index (κ3) is 2.52. The largest absolute Gasteiger partial charge is 0.365 e. The predicted molar refractivity (Wildman–Crippen MR) is 89.6 cm³/mol. The summed E-state index contributed by atoms with van der Waals surface area (Å²) < 4.78 is 0. The molecule has 0 amide bonds. The van der Waals surface area contributed by atoms with Gasteiger partial charge in [0, 0.05) is 22.2 Å². The number of benzene rings is 2. The highest BCUT2D eigenvalue weighted by molar-refractivity contribution is 6.12. The van der Waals surface area contributed by atoms with Crippen LogP contribution in [-0.2, 0) is 11.3 Å². The maximum Gasteiger partial charge on any atom is 0.365 e. The van der Waals surface area contributed by atoms with Gasteiger partial charge in [-0.1, -0.05) is 41.6 Å². The van der Waals surface area contributed by atoms with E-state index in [1.807, 2.05) is 30.3 Å². The molecule has 4 rings (SSSR count). The molecule has 1 N–H and O–H groups in total. The molecule has 23 heavy (non-hydrogen) atoms. The minimum absolute atomic E-state index is 0.426. The molecule has 1 aromatic heterocycles. The number of aryl methyl sites for hydroxylation is 1. The number of aromatic nitrogens is 1. The zero-order valence-corrected chi connectivity index (χ0v) is 12.6. The Kier molecular flexibility index (Phi) is 3.42. The fourth-order valence-electron chi connectivity index (χ4n) is 3.09. The van der Waals surface area contributed by atoms with Crippen molar-refractivity contribution in [3.05, 3.63) is 71.4 Å². The summed E-state index contributed by atoms with van der Waals surface area (Å²) in [4.78, 5) is 20.7. The lowest BCUT2D eigenvalue weighted by molar-refractivity contribution is 0.0515. The molecule has 0 saturated heterocycles. The Balaban J connectivity index is 1.67. The molecule has 0 bridgehead atoms. The SMILES string of the molecule is O=C(ON=C1CCCc2[nH]c3ccccc3c21)c1ccccc1. The van der Waals surface area contributed by atoms with Crippen molar-refractivity contribution in [1.29, 1.82) is 0 Å². The van der Waals surface area contributed by atoms with Crippen molar-refractivity contribution in [2.75, 3.05) is 0 Å². The molecule has 0 aliphatic heterocycles. The summed E-state index contributed by atoms with van der Waals surface area (Å²) in [6.07, 6.45) is 2.81. The molecular weight excluding hydrogens is 288 g/mol. The molecule has 4 heteroatoms. The van der Waals surface area contributed by atoms with Crippen molar-refractivity contribution in [2.45, 2.75) is 19.3 Å². The topological polar surface area (TPSA) is 54.4 Å². The number of carbonyl (C=O) groups excluding carboxylic acids is 1. The van der Waals surface area contributed by atoms with Crippen molar-refractivity contribution in [3.63, 3.8) is 0 Å². The molecule has 0 atom stereocenters. The molecule has 0 unspecified atom stereocenters. The van der Waals surface area contributed by atoms with Gasteiger partial charge in [0.1, 0.15) is 0 Å². The number of rotatable bonds is 2. The second-order valence-electron chi connectivity index (χ2n) is 5.66. The molecule has 114 valence electrons. The highest BCUT2D eigenvalue weighted by atomic mass is 16.7. The Labute approximate surface area is 133 Å². The van der Waals surface area contributed by atoms with Gasteiger partial charge < -0.3 is 9.82 Å². The van der Waals surface area contributed by atoms with Gasteiger partial charge in [-0.2, -0.15) is 0 Å². The highest BCUT2D eigenvalue weighted by Gasteiger charge is 2.21. The van der Waals surface area contributed by atoms with Gasteiger partial charge in [-0.3, -0.25) is 0 Å². The van der Waals surface area contributed by atoms with Gasteiger partial charge in [0.2, 0.25) is 0 Å². The average Bonchev–Trinajstić information content (AvgIpc) is 2.99. The monoisotopic (exact) mass is 304 g/mol. The minimum atomic E-state index is -0.426. The van der Waals surface area contributed by atoms with Crippen LogP contribution in [0.4, 0.5) is 0 Å². The Morgan fingerprint density at radius 2 is 1.78 bits per heavy atom. The number of hydrogen-bond acceptors (Lipinski definition) is 3. The number of para-hydroxylation sites is 1. The number of H-pyrrole nitrogens is 1. The lowest BCUT2D eigenvalue weighted by Gasteiger charge is -2.13. The second-order valence-corrected chi connectivity index (χ2v) is 5.66. The lowest BCUT2D eigenvalue weighted by atomic mass is 9.94. The van der Waals surface area contributed by atoms with E-state index in [4.69, 9.17) is 4.84 Å². The summed E-state index contributed by atoms with van der Waals surface area (Å²) in [6.45, 7) is 0.